The molecule has 0 aliphatic carbocycles. The summed E-state index contributed by atoms with van der Waals surface area (Å²) in [5.74, 6) is 0. The van der Waals surface area contributed by atoms with Crippen molar-refractivity contribution in [1.29, 1.82) is 0 Å². The quantitative estimate of drug-likeness (QED) is 0.856. The number of anilines is 1. The summed E-state index contributed by atoms with van der Waals surface area (Å²) in [4.78, 5) is 0.191. The van der Waals surface area contributed by atoms with E-state index in [1.165, 1.54) is 0 Å². The van der Waals surface area contributed by atoms with Crippen molar-refractivity contribution in [1.82, 2.24) is 4.57 Å². The zero-order chi connectivity index (χ0) is 15.5. The number of halogens is 1. The first-order chi connectivity index (χ1) is 9.97. The molecule has 0 bridgehead atoms. The van der Waals surface area contributed by atoms with Crippen molar-refractivity contribution in [3.05, 3.63) is 47.2 Å². The lowest BCUT2D eigenvalue weighted by atomic mass is 10.3. The van der Waals surface area contributed by atoms with E-state index in [9.17, 15) is 8.42 Å². The number of hydrogen-bond acceptors (Lipinski definition) is 3. The second-order valence-electron chi connectivity index (χ2n) is 4.65. The molecule has 0 aliphatic rings. The Kier molecular flexibility index (Phi) is 4.92. The third kappa shape index (κ3) is 3.58. The van der Waals surface area contributed by atoms with E-state index in [0.717, 1.165) is 18.7 Å². The number of aryl methyl sites for hydroxylation is 1. The first-order valence-corrected chi connectivity index (χ1v) is 8.50. The van der Waals surface area contributed by atoms with Gasteiger partial charge >= 0.3 is 0 Å². The molecular weight excluding hydrogens is 310 g/mol. The van der Waals surface area contributed by atoms with Crippen molar-refractivity contribution in [3.63, 3.8) is 0 Å². The normalized spacial score (nSPS) is 11.6. The molecule has 114 valence electrons. The van der Waals surface area contributed by atoms with Crippen LogP contribution >= 0.6 is 11.6 Å². The van der Waals surface area contributed by atoms with Crippen LogP contribution in [-0.2, 0) is 23.1 Å². The molecule has 0 radical (unpaired) electrons. The summed E-state index contributed by atoms with van der Waals surface area (Å²) in [6.07, 6.45) is 2.50. The van der Waals surface area contributed by atoms with E-state index in [-0.39, 0.29) is 4.90 Å². The molecule has 21 heavy (non-hydrogen) atoms. The van der Waals surface area contributed by atoms with Crippen molar-refractivity contribution in [2.24, 2.45) is 5.73 Å². The fourth-order valence-electron chi connectivity index (χ4n) is 2.04. The van der Waals surface area contributed by atoms with Crippen LogP contribution in [0, 0.1) is 0 Å². The number of para-hydroxylation sites is 1. The molecule has 0 saturated heterocycles. The van der Waals surface area contributed by atoms with E-state index in [0.29, 0.717) is 17.3 Å². The fourth-order valence-corrected chi connectivity index (χ4v) is 3.42. The van der Waals surface area contributed by atoms with Gasteiger partial charge in [0.25, 0.3) is 10.0 Å². The van der Waals surface area contributed by atoms with Gasteiger partial charge in [0.1, 0.15) is 4.90 Å². The van der Waals surface area contributed by atoms with Gasteiger partial charge in [0.2, 0.25) is 0 Å². The highest BCUT2D eigenvalue weighted by molar-refractivity contribution is 7.92. The monoisotopic (exact) mass is 327 g/mol. The highest BCUT2D eigenvalue weighted by Gasteiger charge is 2.19. The second-order valence-corrected chi connectivity index (χ2v) is 6.74. The van der Waals surface area contributed by atoms with Crippen molar-refractivity contribution in [2.75, 3.05) is 4.72 Å². The predicted octanol–water partition coefficient (Wildman–Crippen LogP) is 2.81. The number of sulfonamides is 1. The SMILES string of the molecule is CCCn1cc(S(=O)(=O)Nc2ccccc2Cl)cc1CN. The largest absolute Gasteiger partial charge is 0.349 e. The molecule has 0 aliphatic heterocycles. The Hall–Kier alpha value is -1.50. The molecule has 2 rings (SSSR count). The predicted molar refractivity (Wildman–Crippen MR) is 84.9 cm³/mol. The number of nitrogens with zero attached hydrogens (tertiary/aromatic N) is 1. The van der Waals surface area contributed by atoms with Gasteiger partial charge in [0.05, 0.1) is 10.7 Å². The van der Waals surface area contributed by atoms with Crippen LogP contribution in [0.4, 0.5) is 5.69 Å². The zero-order valence-corrected chi connectivity index (χ0v) is 13.3. The van der Waals surface area contributed by atoms with Crippen LogP contribution in [0.5, 0.6) is 0 Å². The zero-order valence-electron chi connectivity index (χ0n) is 11.7. The summed E-state index contributed by atoms with van der Waals surface area (Å²) < 4.78 is 29.2. The van der Waals surface area contributed by atoms with Crippen molar-refractivity contribution >= 4 is 27.3 Å². The minimum atomic E-state index is -3.68. The molecule has 0 spiro atoms. The third-order valence-electron chi connectivity index (χ3n) is 3.06. The van der Waals surface area contributed by atoms with Gasteiger partial charge in [-0.05, 0) is 24.6 Å². The van der Waals surface area contributed by atoms with Gasteiger partial charge in [-0.15, -0.1) is 0 Å². The summed E-state index contributed by atoms with van der Waals surface area (Å²) in [5, 5.41) is 0.355. The maximum absolute atomic E-state index is 12.4. The number of nitrogens with one attached hydrogen (secondary N) is 1. The average Bonchev–Trinajstić information content (AvgIpc) is 2.86. The summed E-state index contributed by atoms with van der Waals surface area (Å²) in [7, 11) is -3.68. The summed E-state index contributed by atoms with van der Waals surface area (Å²) in [5.41, 5.74) is 6.80. The number of benzene rings is 1. The van der Waals surface area contributed by atoms with Crippen LogP contribution in [-0.4, -0.2) is 13.0 Å². The third-order valence-corrected chi connectivity index (χ3v) is 4.73. The van der Waals surface area contributed by atoms with Gasteiger partial charge in [-0.25, -0.2) is 8.42 Å². The minimum Gasteiger partial charge on any atom is -0.349 e. The lowest BCUT2D eigenvalue weighted by Crippen LogP contribution is -2.12. The summed E-state index contributed by atoms with van der Waals surface area (Å²) >= 11 is 5.98. The van der Waals surface area contributed by atoms with Crippen LogP contribution < -0.4 is 10.5 Å². The van der Waals surface area contributed by atoms with Crippen LogP contribution in [0.3, 0.4) is 0 Å². The molecule has 1 aromatic heterocycles. The molecular formula is C14H18ClN3O2S. The Labute approximate surface area is 129 Å². The minimum absolute atomic E-state index is 0.191. The molecule has 0 atom stereocenters. The van der Waals surface area contributed by atoms with Crippen LogP contribution in [0.15, 0.2) is 41.4 Å². The Morgan fingerprint density at radius 3 is 2.67 bits per heavy atom. The summed E-state index contributed by atoms with van der Waals surface area (Å²) in [6.45, 7) is 3.05. The highest BCUT2D eigenvalue weighted by atomic mass is 35.5. The molecule has 1 heterocycles. The molecule has 2 aromatic rings. The molecule has 3 N–H and O–H groups in total. The Bertz CT molecular complexity index is 726. The molecule has 1 aromatic carbocycles. The second kappa shape index (κ2) is 6.51. The first kappa shape index (κ1) is 15.9. The Balaban J connectivity index is 2.34. The van der Waals surface area contributed by atoms with E-state index in [4.69, 9.17) is 17.3 Å². The van der Waals surface area contributed by atoms with Gasteiger partial charge in [-0.2, -0.15) is 0 Å². The van der Waals surface area contributed by atoms with Crippen LogP contribution in [0.25, 0.3) is 0 Å². The molecule has 0 fully saturated rings. The van der Waals surface area contributed by atoms with Gasteiger partial charge in [0, 0.05) is 25.0 Å². The van der Waals surface area contributed by atoms with E-state index in [1.807, 2.05) is 11.5 Å². The fraction of sp³-hybridized carbons (Fsp3) is 0.286. The van der Waals surface area contributed by atoms with Crippen LogP contribution in [0.1, 0.15) is 19.0 Å². The van der Waals surface area contributed by atoms with E-state index < -0.39 is 10.0 Å². The molecule has 0 amide bonds. The molecule has 0 unspecified atom stereocenters. The number of aromatic nitrogens is 1. The number of hydrogen-bond donors (Lipinski definition) is 2. The lowest BCUT2D eigenvalue weighted by Gasteiger charge is -2.07. The molecule has 0 saturated carbocycles. The average molecular weight is 328 g/mol. The Morgan fingerprint density at radius 1 is 1.33 bits per heavy atom. The molecule has 5 nitrogen and oxygen atoms in total. The smallest absolute Gasteiger partial charge is 0.263 e. The van der Waals surface area contributed by atoms with E-state index >= 15 is 0 Å². The number of rotatable bonds is 6. The van der Waals surface area contributed by atoms with E-state index in [2.05, 4.69) is 4.72 Å². The summed E-state index contributed by atoms with van der Waals surface area (Å²) in [6, 6.07) is 8.30. The van der Waals surface area contributed by atoms with Gasteiger partial charge in [-0.3, -0.25) is 4.72 Å². The van der Waals surface area contributed by atoms with Crippen molar-refractivity contribution < 1.29 is 8.42 Å². The maximum atomic E-state index is 12.4. The molecule has 7 heteroatoms. The Morgan fingerprint density at radius 2 is 2.05 bits per heavy atom. The highest BCUT2D eigenvalue weighted by Crippen LogP contribution is 2.24. The van der Waals surface area contributed by atoms with Gasteiger partial charge < -0.3 is 10.3 Å². The van der Waals surface area contributed by atoms with E-state index in [1.54, 1.807) is 36.5 Å². The van der Waals surface area contributed by atoms with Gasteiger partial charge in [0.15, 0.2) is 0 Å². The maximum Gasteiger partial charge on any atom is 0.263 e. The van der Waals surface area contributed by atoms with Gasteiger partial charge in [-0.1, -0.05) is 30.7 Å². The van der Waals surface area contributed by atoms with Crippen molar-refractivity contribution in [3.8, 4) is 0 Å². The first-order valence-electron chi connectivity index (χ1n) is 6.64. The standard InChI is InChI=1S/C14H18ClN3O2S/c1-2-7-18-10-12(8-11(18)9-16)21(19,20)17-14-6-4-3-5-13(14)15/h3-6,8,10,17H,2,7,9,16H2,1H3. The van der Waals surface area contributed by atoms with Crippen molar-refractivity contribution in [2.45, 2.75) is 31.3 Å². The van der Waals surface area contributed by atoms with Crippen LogP contribution in [0.2, 0.25) is 5.02 Å². The lowest BCUT2D eigenvalue weighted by molar-refractivity contribution is 0.600. The topological polar surface area (TPSA) is 77.1 Å². The number of nitrogens with two attached hydrogens (primary N) is 1.